The summed E-state index contributed by atoms with van der Waals surface area (Å²) in [5.41, 5.74) is 5.60. The summed E-state index contributed by atoms with van der Waals surface area (Å²) in [5, 5.41) is 0. The second-order valence-corrected chi connectivity index (χ2v) is 9.48. The van der Waals surface area contributed by atoms with E-state index in [1.54, 1.807) is 32.9 Å². The molecule has 0 aliphatic heterocycles. The lowest BCUT2D eigenvalue weighted by Crippen LogP contribution is -2.07. The Hall–Kier alpha value is -3.93. The second-order valence-electron chi connectivity index (χ2n) is 9.48. The summed E-state index contributed by atoms with van der Waals surface area (Å²) in [4.78, 5) is 34.9. The summed E-state index contributed by atoms with van der Waals surface area (Å²) < 4.78 is 15.7. The zero-order valence-corrected chi connectivity index (χ0v) is 22.8. The van der Waals surface area contributed by atoms with Crippen LogP contribution in [0.1, 0.15) is 57.6 Å². The number of rotatable bonds is 15. The Balaban J connectivity index is 2.08. The van der Waals surface area contributed by atoms with Crippen LogP contribution in [-0.2, 0) is 36.7 Å². The first-order valence-electron chi connectivity index (χ1n) is 12.8. The Kier molecular flexibility index (Phi) is 12.2. The first kappa shape index (κ1) is 30.3. The van der Waals surface area contributed by atoms with Gasteiger partial charge in [0.2, 0.25) is 0 Å². The normalized spacial score (nSPS) is 10.4. The zero-order valence-electron chi connectivity index (χ0n) is 22.8. The molecular formula is C32H38O6. The van der Waals surface area contributed by atoms with E-state index in [1.165, 1.54) is 11.1 Å². The molecule has 0 N–H and O–H groups in total. The summed E-state index contributed by atoms with van der Waals surface area (Å²) in [6.45, 7) is 16.4. The van der Waals surface area contributed by atoms with E-state index in [4.69, 9.17) is 14.2 Å². The molecule has 6 nitrogen and oxygen atoms in total. The van der Waals surface area contributed by atoms with Crippen LogP contribution in [0.15, 0.2) is 78.9 Å². The molecule has 0 radical (unpaired) electrons. The molecule has 0 amide bonds. The molecule has 202 valence electrons. The summed E-state index contributed by atoms with van der Waals surface area (Å²) in [6, 6.07) is 13.9. The van der Waals surface area contributed by atoms with Crippen molar-refractivity contribution in [3.8, 4) is 16.9 Å². The van der Waals surface area contributed by atoms with E-state index in [9.17, 15) is 14.4 Å². The Labute approximate surface area is 226 Å². The van der Waals surface area contributed by atoms with Crippen molar-refractivity contribution in [3.05, 3.63) is 90.0 Å². The molecule has 0 bridgehead atoms. The lowest BCUT2D eigenvalue weighted by Gasteiger charge is -2.12. The SMILES string of the molecule is C=C(C)C(=O)OCCCCc1cc(CCCCOC(=O)C(=C)C)cc(-c2ccc(OC(=O)C(=C)C)cc2)c1. The van der Waals surface area contributed by atoms with Crippen molar-refractivity contribution in [1.82, 2.24) is 0 Å². The lowest BCUT2D eigenvalue weighted by molar-refractivity contribution is -0.139. The maximum absolute atomic E-state index is 11.8. The highest BCUT2D eigenvalue weighted by Gasteiger charge is 2.09. The molecule has 6 heteroatoms. The Bertz CT molecular complexity index is 1120. The standard InChI is InChI=1S/C32H38O6/c1-22(2)30(33)36-17-9-7-11-25-19-26(12-8-10-18-37-31(34)23(3)4)21-28(20-25)27-13-15-29(16-14-27)38-32(35)24(5)6/h13-16,19-21H,1,3,5,7-12,17-18H2,2,4,6H3. The summed E-state index contributed by atoms with van der Waals surface area (Å²) in [7, 11) is 0. The average molecular weight is 519 g/mol. The smallest absolute Gasteiger partial charge is 0.338 e. The minimum absolute atomic E-state index is 0.343. The van der Waals surface area contributed by atoms with Gasteiger partial charge in [-0.25, -0.2) is 14.4 Å². The molecule has 2 aromatic carbocycles. The molecule has 0 aliphatic rings. The highest BCUT2D eigenvalue weighted by atomic mass is 16.5. The molecule has 0 aliphatic carbocycles. The predicted molar refractivity (Wildman–Crippen MR) is 150 cm³/mol. The van der Waals surface area contributed by atoms with Crippen LogP contribution < -0.4 is 4.74 Å². The number of carbonyl (C=O) groups is 3. The van der Waals surface area contributed by atoms with Crippen LogP contribution in [0.5, 0.6) is 5.75 Å². The number of esters is 3. The van der Waals surface area contributed by atoms with Gasteiger partial charge in [0.05, 0.1) is 13.2 Å². The van der Waals surface area contributed by atoms with Crippen molar-refractivity contribution in [2.45, 2.75) is 59.3 Å². The quantitative estimate of drug-likeness (QED) is 0.113. The van der Waals surface area contributed by atoms with Crippen LogP contribution in [0, 0.1) is 0 Å². The molecule has 2 aromatic rings. The largest absolute Gasteiger partial charge is 0.462 e. The number of ether oxygens (including phenoxy) is 3. The Morgan fingerprint density at radius 1 is 0.605 bits per heavy atom. The molecule has 0 atom stereocenters. The number of carbonyl (C=O) groups excluding carboxylic acids is 3. The fourth-order valence-corrected chi connectivity index (χ4v) is 3.57. The van der Waals surface area contributed by atoms with Crippen LogP contribution in [0.25, 0.3) is 11.1 Å². The summed E-state index contributed by atoms with van der Waals surface area (Å²) in [5.74, 6) is -0.710. The molecule has 0 saturated heterocycles. The number of hydrogen-bond acceptors (Lipinski definition) is 6. The van der Waals surface area contributed by atoms with Gasteiger partial charge in [0, 0.05) is 16.7 Å². The van der Waals surface area contributed by atoms with Gasteiger partial charge in [0.25, 0.3) is 0 Å². The van der Waals surface area contributed by atoms with Gasteiger partial charge in [0.15, 0.2) is 0 Å². The van der Waals surface area contributed by atoms with Crippen LogP contribution in [-0.4, -0.2) is 31.1 Å². The highest BCUT2D eigenvalue weighted by Crippen LogP contribution is 2.27. The van der Waals surface area contributed by atoms with Crippen molar-refractivity contribution in [2.75, 3.05) is 13.2 Å². The van der Waals surface area contributed by atoms with Gasteiger partial charge in [0.1, 0.15) is 5.75 Å². The van der Waals surface area contributed by atoms with Gasteiger partial charge >= 0.3 is 17.9 Å². The number of aryl methyl sites for hydroxylation is 2. The van der Waals surface area contributed by atoms with E-state index in [0.717, 1.165) is 49.7 Å². The van der Waals surface area contributed by atoms with E-state index in [1.807, 2.05) is 12.1 Å². The molecule has 2 rings (SSSR count). The molecule has 0 fully saturated rings. The zero-order chi connectivity index (χ0) is 28.1. The molecule has 0 heterocycles. The first-order valence-corrected chi connectivity index (χ1v) is 12.8. The monoisotopic (exact) mass is 518 g/mol. The number of hydrogen-bond donors (Lipinski definition) is 0. The fourth-order valence-electron chi connectivity index (χ4n) is 3.57. The minimum Gasteiger partial charge on any atom is -0.462 e. The van der Waals surface area contributed by atoms with Crippen LogP contribution in [0.3, 0.4) is 0 Å². The van der Waals surface area contributed by atoms with Gasteiger partial charge in [-0.05, 0) is 93.7 Å². The van der Waals surface area contributed by atoms with Gasteiger partial charge in [-0.1, -0.05) is 50.1 Å². The van der Waals surface area contributed by atoms with Gasteiger partial charge < -0.3 is 14.2 Å². The Morgan fingerprint density at radius 3 is 1.47 bits per heavy atom. The predicted octanol–water partition coefficient (Wildman–Crippen LogP) is 6.72. The molecule has 0 aromatic heterocycles. The van der Waals surface area contributed by atoms with Crippen molar-refractivity contribution in [1.29, 1.82) is 0 Å². The maximum Gasteiger partial charge on any atom is 0.338 e. The van der Waals surface area contributed by atoms with E-state index >= 15 is 0 Å². The van der Waals surface area contributed by atoms with E-state index in [0.29, 0.717) is 35.7 Å². The maximum atomic E-state index is 11.8. The number of benzene rings is 2. The lowest BCUT2D eigenvalue weighted by atomic mass is 9.95. The topological polar surface area (TPSA) is 78.9 Å². The fraction of sp³-hybridized carbons (Fsp3) is 0.344. The van der Waals surface area contributed by atoms with Gasteiger partial charge in [-0.3, -0.25) is 0 Å². The van der Waals surface area contributed by atoms with Crippen LogP contribution in [0.4, 0.5) is 0 Å². The van der Waals surface area contributed by atoms with E-state index < -0.39 is 5.97 Å². The third kappa shape index (κ3) is 10.6. The van der Waals surface area contributed by atoms with Crippen molar-refractivity contribution < 1.29 is 28.6 Å². The molecular weight excluding hydrogens is 480 g/mol. The minimum atomic E-state index is -0.454. The molecule has 38 heavy (non-hydrogen) atoms. The third-order valence-electron chi connectivity index (χ3n) is 5.68. The molecule has 0 unspecified atom stereocenters. The third-order valence-corrected chi connectivity index (χ3v) is 5.68. The molecule has 0 spiro atoms. The molecule has 0 saturated carbocycles. The van der Waals surface area contributed by atoms with Gasteiger partial charge in [-0.15, -0.1) is 0 Å². The Morgan fingerprint density at radius 2 is 1.05 bits per heavy atom. The number of unbranched alkanes of at least 4 members (excludes halogenated alkanes) is 2. The van der Waals surface area contributed by atoms with Crippen molar-refractivity contribution in [3.63, 3.8) is 0 Å². The average Bonchev–Trinajstić information content (AvgIpc) is 2.88. The van der Waals surface area contributed by atoms with E-state index in [-0.39, 0.29) is 11.9 Å². The summed E-state index contributed by atoms with van der Waals surface area (Å²) in [6.07, 6.45) is 4.95. The van der Waals surface area contributed by atoms with Crippen molar-refractivity contribution in [2.24, 2.45) is 0 Å². The first-order chi connectivity index (χ1) is 18.1. The highest BCUT2D eigenvalue weighted by molar-refractivity contribution is 5.89. The van der Waals surface area contributed by atoms with Crippen LogP contribution >= 0.6 is 0 Å². The van der Waals surface area contributed by atoms with Crippen LogP contribution in [0.2, 0.25) is 0 Å². The van der Waals surface area contributed by atoms with E-state index in [2.05, 4.69) is 37.9 Å². The van der Waals surface area contributed by atoms with Gasteiger partial charge in [-0.2, -0.15) is 0 Å². The second kappa shape index (κ2) is 15.4. The summed E-state index contributed by atoms with van der Waals surface area (Å²) >= 11 is 0. The van der Waals surface area contributed by atoms with Crippen molar-refractivity contribution >= 4 is 17.9 Å².